The highest BCUT2D eigenvalue weighted by Gasteiger charge is 2.33. The second-order valence-corrected chi connectivity index (χ2v) is 5.52. The van der Waals surface area contributed by atoms with Gasteiger partial charge in [-0.25, -0.2) is 0 Å². The Hall–Kier alpha value is -2.04. The Morgan fingerprint density at radius 3 is 2.71 bits per heavy atom. The van der Waals surface area contributed by atoms with Crippen LogP contribution in [-0.4, -0.2) is 41.6 Å². The number of piperidine rings is 1. The van der Waals surface area contributed by atoms with E-state index in [1.54, 1.807) is 23.1 Å². The number of carboxylic acids is 1. The Morgan fingerprint density at radius 2 is 2.05 bits per heavy atom. The summed E-state index contributed by atoms with van der Waals surface area (Å²) in [6.45, 7) is 5.18. The number of hydrogen-bond donors (Lipinski definition) is 1. The molecule has 1 saturated heterocycles. The molecule has 0 radical (unpaired) electrons. The molecule has 0 aromatic heterocycles. The number of hydrogen-bond acceptors (Lipinski definition) is 3. The van der Waals surface area contributed by atoms with E-state index in [0.717, 1.165) is 0 Å². The number of benzene rings is 1. The molecule has 114 valence electrons. The number of carbonyl (C=O) groups is 2. The number of rotatable bonds is 4. The van der Waals surface area contributed by atoms with Gasteiger partial charge in [-0.3, -0.25) is 9.59 Å². The highest BCUT2D eigenvalue weighted by molar-refractivity contribution is 5.97. The average Bonchev–Trinajstić information content (AvgIpc) is 2.47. The predicted octanol–water partition coefficient (Wildman–Crippen LogP) is 2.27. The number of carboxylic acid groups (broad SMARTS) is 1. The van der Waals surface area contributed by atoms with E-state index in [1.165, 1.54) is 0 Å². The first-order chi connectivity index (χ1) is 10.0. The molecule has 1 aromatic carbocycles. The summed E-state index contributed by atoms with van der Waals surface area (Å²) >= 11 is 0. The maximum absolute atomic E-state index is 12.7. The minimum atomic E-state index is -0.836. The number of nitrogens with zero attached hydrogens (tertiary/aromatic N) is 1. The lowest BCUT2D eigenvalue weighted by Gasteiger charge is -2.35. The van der Waals surface area contributed by atoms with Gasteiger partial charge in [-0.05, 0) is 31.4 Å². The minimum Gasteiger partial charge on any atom is -0.493 e. The molecule has 0 saturated carbocycles. The molecule has 5 heteroatoms. The molecule has 1 aromatic rings. The van der Waals surface area contributed by atoms with Crippen molar-refractivity contribution in [3.8, 4) is 5.75 Å². The van der Waals surface area contributed by atoms with Crippen molar-refractivity contribution in [2.45, 2.75) is 20.3 Å². The van der Waals surface area contributed by atoms with Crippen molar-refractivity contribution in [2.24, 2.45) is 11.8 Å². The summed E-state index contributed by atoms with van der Waals surface area (Å²) in [7, 11) is 0. The van der Waals surface area contributed by atoms with Crippen molar-refractivity contribution in [1.29, 1.82) is 0 Å². The molecule has 0 aliphatic carbocycles. The van der Waals surface area contributed by atoms with Gasteiger partial charge < -0.3 is 14.7 Å². The van der Waals surface area contributed by atoms with Crippen LogP contribution >= 0.6 is 0 Å². The summed E-state index contributed by atoms with van der Waals surface area (Å²) < 4.78 is 5.49. The smallest absolute Gasteiger partial charge is 0.308 e. The fraction of sp³-hybridized carbons (Fsp3) is 0.500. The van der Waals surface area contributed by atoms with E-state index >= 15 is 0 Å². The zero-order valence-corrected chi connectivity index (χ0v) is 12.4. The topological polar surface area (TPSA) is 66.8 Å². The number of amides is 1. The van der Waals surface area contributed by atoms with Crippen LogP contribution in [0.2, 0.25) is 0 Å². The fourth-order valence-corrected chi connectivity index (χ4v) is 2.79. The van der Waals surface area contributed by atoms with E-state index in [4.69, 9.17) is 4.74 Å². The van der Waals surface area contributed by atoms with Gasteiger partial charge in [0.05, 0.1) is 18.1 Å². The molecule has 1 aliphatic rings. The van der Waals surface area contributed by atoms with Crippen LogP contribution in [0.25, 0.3) is 0 Å². The Kier molecular flexibility index (Phi) is 4.83. The lowest BCUT2D eigenvalue weighted by atomic mass is 9.90. The lowest BCUT2D eigenvalue weighted by molar-refractivity contribution is -0.143. The van der Waals surface area contributed by atoms with Gasteiger partial charge in [0.15, 0.2) is 0 Å². The number of para-hydroxylation sites is 1. The highest BCUT2D eigenvalue weighted by Crippen LogP contribution is 2.26. The Balaban J connectivity index is 2.21. The van der Waals surface area contributed by atoms with E-state index in [-0.39, 0.29) is 18.4 Å². The molecule has 0 spiro atoms. The second-order valence-electron chi connectivity index (χ2n) is 5.52. The van der Waals surface area contributed by atoms with Crippen molar-refractivity contribution in [2.75, 3.05) is 19.7 Å². The molecule has 1 N–H and O–H groups in total. The molecular formula is C16H21NO4. The van der Waals surface area contributed by atoms with Crippen molar-refractivity contribution < 1.29 is 19.4 Å². The van der Waals surface area contributed by atoms with Crippen LogP contribution in [0.4, 0.5) is 0 Å². The molecular weight excluding hydrogens is 270 g/mol. The SMILES string of the molecule is CCOc1ccccc1C(=O)N1CC(C)CC(C(=O)O)C1. The van der Waals surface area contributed by atoms with Crippen molar-refractivity contribution in [3.05, 3.63) is 29.8 Å². The molecule has 1 aliphatic heterocycles. The molecule has 2 rings (SSSR count). The largest absolute Gasteiger partial charge is 0.493 e. The Bertz CT molecular complexity index is 529. The van der Waals surface area contributed by atoms with Gasteiger partial charge in [0.2, 0.25) is 0 Å². The monoisotopic (exact) mass is 291 g/mol. The van der Waals surface area contributed by atoms with Crippen LogP contribution < -0.4 is 4.74 Å². The standard InChI is InChI=1S/C16H21NO4/c1-3-21-14-7-5-4-6-13(14)15(18)17-9-11(2)8-12(10-17)16(19)20/h4-7,11-12H,3,8-10H2,1-2H3,(H,19,20). The van der Waals surface area contributed by atoms with Gasteiger partial charge in [0, 0.05) is 13.1 Å². The van der Waals surface area contributed by atoms with Gasteiger partial charge in [-0.2, -0.15) is 0 Å². The lowest BCUT2D eigenvalue weighted by Crippen LogP contribution is -2.45. The number of likely N-dealkylation sites (tertiary alicyclic amines) is 1. The summed E-state index contributed by atoms with van der Waals surface area (Å²) in [5.41, 5.74) is 0.498. The summed E-state index contributed by atoms with van der Waals surface area (Å²) in [5, 5.41) is 9.20. The van der Waals surface area contributed by atoms with E-state index in [9.17, 15) is 14.7 Å². The van der Waals surface area contributed by atoms with Gasteiger partial charge in [-0.1, -0.05) is 19.1 Å². The quantitative estimate of drug-likeness (QED) is 0.924. The van der Waals surface area contributed by atoms with Crippen LogP contribution in [0, 0.1) is 11.8 Å². The molecule has 5 nitrogen and oxygen atoms in total. The fourth-order valence-electron chi connectivity index (χ4n) is 2.79. The Morgan fingerprint density at radius 1 is 1.33 bits per heavy atom. The van der Waals surface area contributed by atoms with Gasteiger partial charge in [0.25, 0.3) is 5.91 Å². The summed E-state index contributed by atoms with van der Waals surface area (Å²) in [4.78, 5) is 25.5. The molecule has 2 atom stereocenters. The summed E-state index contributed by atoms with van der Waals surface area (Å²) in [5.74, 6) is -0.746. The maximum atomic E-state index is 12.7. The zero-order valence-electron chi connectivity index (χ0n) is 12.4. The van der Waals surface area contributed by atoms with Gasteiger partial charge >= 0.3 is 5.97 Å². The normalized spacial score (nSPS) is 21.9. The number of carbonyl (C=O) groups excluding carboxylic acids is 1. The summed E-state index contributed by atoms with van der Waals surface area (Å²) in [6, 6.07) is 7.10. The first-order valence-corrected chi connectivity index (χ1v) is 7.26. The second kappa shape index (κ2) is 6.61. The Labute approximate surface area is 124 Å². The van der Waals surface area contributed by atoms with Crippen molar-refractivity contribution >= 4 is 11.9 Å². The van der Waals surface area contributed by atoms with Crippen molar-refractivity contribution in [3.63, 3.8) is 0 Å². The van der Waals surface area contributed by atoms with E-state index in [2.05, 4.69) is 0 Å². The number of aliphatic carboxylic acids is 1. The first kappa shape index (κ1) is 15.4. The van der Waals surface area contributed by atoms with E-state index in [1.807, 2.05) is 19.9 Å². The summed E-state index contributed by atoms with van der Waals surface area (Å²) in [6.07, 6.45) is 0.617. The van der Waals surface area contributed by atoms with Crippen LogP contribution in [-0.2, 0) is 4.79 Å². The van der Waals surface area contributed by atoms with Crippen LogP contribution in [0.5, 0.6) is 5.75 Å². The van der Waals surface area contributed by atoms with Crippen LogP contribution in [0.15, 0.2) is 24.3 Å². The molecule has 0 bridgehead atoms. The highest BCUT2D eigenvalue weighted by atomic mass is 16.5. The third-order valence-electron chi connectivity index (χ3n) is 3.71. The van der Waals surface area contributed by atoms with Gasteiger partial charge in [-0.15, -0.1) is 0 Å². The third-order valence-corrected chi connectivity index (χ3v) is 3.71. The molecule has 1 amide bonds. The van der Waals surface area contributed by atoms with Crippen LogP contribution in [0.1, 0.15) is 30.6 Å². The molecule has 1 fully saturated rings. The molecule has 2 unspecified atom stereocenters. The minimum absolute atomic E-state index is 0.156. The number of ether oxygens (including phenoxy) is 1. The predicted molar refractivity (Wildman–Crippen MR) is 78.4 cm³/mol. The maximum Gasteiger partial charge on any atom is 0.308 e. The van der Waals surface area contributed by atoms with Crippen molar-refractivity contribution in [1.82, 2.24) is 4.90 Å². The first-order valence-electron chi connectivity index (χ1n) is 7.26. The molecule has 21 heavy (non-hydrogen) atoms. The van der Waals surface area contributed by atoms with E-state index in [0.29, 0.717) is 30.9 Å². The average molecular weight is 291 g/mol. The van der Waals surface area contributed by atoms with Gasteiger partial charge in [0.1, 0.15) is 5.75 Å². The van der Waals surface area contributed by atoms with E-state index < -0.39 is 11.9 Å². The molecule has 1 heterocycles. The zero-order chi connectivity index (χ0) is 15.4. The van der Waals surface area contributed by atoms with Crippen LogP contribution in [0.3, 0.4) is 0 Å². The third kappa shape index (κ3) is 3.54.